The van der Waals surface area contributed by atoms with Gasteiger partial charge in [0.05, 0.1) is 0 Å². The van der Waals surface area contributed by atoms with E-state index in [1.165, 1.54) is 37.9 Å². The largest absolute Gasteiger partial charge is 0.316 e. The topological polar surface area (TPSA) is 24.9 Å². The van der Waals surface area contributed by atoms with Crippen LogP contribution in [0.25, 0.3) is 0 Å². The molecule has 1 N–H and O–H groups in total. The van der Waals surface area contributed by atoms with Crippen molar-refractivity contribution in [2.75, 3.05) is 13.1 Å². The molecule has 2 nitrogen and oxygen atoms in total. The highest BCUT2D eigenvalue weighted by Gasteiger charge is 2.13. The third kappa shape index (κ3) is 2.55. The molecule has 1 saturated heterocycles. The number of nitrogens with one attached hydrogen (secondary N) is 1. The molecule has 1 aromatic rings. The fourth-order valence-corrected chi connectivity index (χ4v) is 2.05. The molecule has 0 saturated carbocycles. The average molecular weight is 190 g/mol. The molecule has 0 radical (unpaired) electrons. The van der Waals surface area contributed by atoms with Crippen molar-refractivity contribution in [2.24, 2.45) is 5.92 Å². The Bertz CT molecular complexity index is 273. The summed E-state index contributed by atoms with van der Waals surface area (Å²) in [7, 11) is 0. The molecular formula is C12H18N2. The first kappa shape index (κ1) is 9.66. The number of piperidine rings is 1. The minimum absolute atomic E-state index is 0.813. The van der Waals surface area contributed by atoms with Gasteiger partial charge in [-0.15, -0.1) is 0 Å². The Morgan fingerprint density at radius 3 is 3.07 bits per heavy atom. The Morgan fingerprint density at radius 1 is 1.50 bits per heavy atom. The lowest BCUT2D eigenvalue weighted by Gasteiger charge is -2.22. The first-order valence-electron chi connectivity index (χ1n) is 5.47. The van der Waals surface area contributed by atoms with Gasteiger partial charge in [-0.05, 0) is 56.8 Å². The second-order valence-electron chi connectivity index (χ2n) is 4.22. The van der Waals surface area contributed by atoms with E-state index in [2.05, 4.69) is 22.4 Å². The van der Waals surface area contributed by atoms with Crippen LogP contribution in [-0.2, 0) is 6.42 Å². The van der Waals surface area contributed by atoms with E-state index in [9.17, 15) is 0 Å². The maximum Gasteiger partial charge on any atom is 0.0372 e. The van der Waals surface area contributed by atoms with Crippen LogP contribution in [-0.4, -0.2) is 18.1 Å². The van der Waals surface area contributed by atoms with E-state index < -0.39 is 0 Å². The minimum Gasteiger partial charge on any atom is -0.316 e. The summed E-state index contributed by atoms with van der Waals surface area (Å²) in [5, 5.41) is 3.45. The highest BCUT2D eigenvalue weighted by molar-refractivity contribution is 5.13. The maximum atomic E-state index is 4.32. The normalized spacial score (nSPS) is 22.2. The van der Waals surface area contributed by atoms with Gasteiger partial charge in [-0.1, -0.05) is 6.07 Å². The molecule has 0 amide bonds. The predicted octanol–water partition coefficient (Wildman–Crippen LogP) is 1.93. The van der Waals surface area contributed by atoms with Gasteiger partial charge < -0.3 is 5.32 Å². The Kier molecular flexibility index (Phi) is 3.14. The summed E-state index contributed by atoms with van der Waals surface area (Å²) in [5.41, 5.74) is 2.49. The minimum atomic E-state index is 0.813. The number of pyridine rings is 1. The fraction of sp³-hybridized carbons (Fsp3) is 0.583. The number of rotatable bonds is 2. The molecule has 1 unspecified atom stereocenters. The summed E-state index contributed by atoms with van der Waals surface area (Å²) >= 11 is 0. The van der Waals surface area contributed by atoms with Crippen molar-refractivity contribution >= 4 is 0 Å². The second kappa shape index (κ2) is 4.56. The van der Waals surface area contributed by atoms with Gasteiger partial charge >= 0.3 is 0 Å². The molecule has 76 valence electrons. The number of nitrogens with zero attached hydrogens (tertiary/aromatic N) is 1. The zero-order valence-corrected chi connectivity index (χ0v) is 8.79. The van der Waals surface area contributed by atoms with Crippen LogP contribution >= 0.6 is 0 Å². The van der Waals surface area contributed by atoms with Crippen LogP contribution in [0.3, 0.4) is 0 Å². The van der Waals surface area contributed by atoms with Gasteiger partial charge in [-0.25, -0.2) is 0 Å². The van der Waals surface area contributed by atoms with Crippen LogP contribution in [0.4, 0.5) is 0 Å². The molecule has 0 spiro atoms. The Hall–Kier alpha value is -0.890. The third-order valence-electron chi connectivity index (χ3n) is 2.90. The van der Waals surface area contributed by atoms with E-state index >= 15 is 0 Å². The standard InChI is InChI=1S/C12H18N2/c1-10-4-5-12(9-14-10)7-11-3-2-6-13-8-11/h4-5,9,11,13H,2-3,6-8H2,1H3. The molecule has 2 rings (SSSR count). The van der Waals surface area contributed by atoms with Crippen LogP contribution in [0.5, 0.6) is 0 Å². The number of aromatic nitrogens is 1. The van der Waals surface area contributed by atoms with Crippen molar-refractivity contribution < 1.29 is 0 Å². The van der Waals surface area contributed by atoms with E-state index in [-0.39, 0.29) is 0 Å². The first-order chi connectivity index (χ1) is 6.84. The summed E-state index contributed by atoms with van der Waals surface area (Å²) in [6.45, 7) is 4.41. The van der Waals surface area contributed by atoms with Gasteiger partial charge in [0.15, 0.2) is 0 Å². The van der Waals surface area contributed by atoms with Crippen molar-refractivity contribution in [1.82, 2.24) is 10.3 Å². The summed E-state index contributed by atoms with van der Waals surface area (Å²) in [6, 6.07) is 4.31. The zero-order valence-electron chi connectivity index (χ0n) is 8.79. The van der Waals surface area contributed by atoms with Crippen molar-refractivity contribution in [1.29, 1.82) is 0 Å². The molecule has 0 aromatic carbocycles. The average Bonchev–Trinajstić information content (AvgIpc) is 2.23. The molecular weight excluding hydrogens is 172 g/mol. The van der Waals surface area contributed by atoms with Crippen molar-refractivity contribution in [3.8, 4) is 0 Å². The smallest absolute Gasteiger partial charge is 0.0372 e. The van der Waals surface area contributed by atoms with Crippen LogP contribution in [0.15, 0.2) is 18.3 Å². The lowest BCUT2D eigenvalue weighted by molar-refractivity contribution is 0.376. The van der Waals surface area contributed by atoms with Gasteiger partial charge in [0.2, 0.25) is 0 Å². The molecule has 2 heterocycles. The number of aryl methyl sites for hydroxylation is 1. The lowest BCUT2D eigenvalue weighted by Crippen LogP contribution is -2.30. The van der Waals surface area contributed by atoms with Gasteiger partial charge in [0.25, 0.3) is 0 Å². The van der Waals surface area contributed by atoms with Crippen LogP contribution in [0.1, 0.15) is 24.1 Å². The maximum absolute atomic E-state index is 4.32. The van der Waals surface area contributed by atoms with Crippen molar-refractivity contribution in [3.05, 3.63) is 29.6 Å². The van der Waals surface area contributed by atoms with Gasteiger partial charge in [0, 0.05) is 11.9 Å². The molecule has 1 aromatic heterocycles. The molecule has 2 heteroatoms. The van der Waals surface area contributed by atoms with E-state index in [0.717, 1.165) is 11.6 Å². The molecule has 1 aliphatic rings. The molecule has 1 fully saturated rings. The van der Waals surface area contributed by atoms with E-state index in [4.69, 9.17) is 0 Å². The molecule has 0 bridgehead atoms. The summed E-state index contributed by atoms with van der Waals surface area (Å²) < 4.78 is 0. The number of hydrogen-bond acceptors (Lipinski definition) is 2. The molecule has 0 aliphatic carbocycles. The monoisotopic (exact) mass is 190 g/mol. The molecule has 1 atom stereocenters. The molecule has 14 heavy (non-hydrogen) atoms. The summed E-state index contributed by atoms with van der Waals surface area (Å²) in [5.74, 6) is 0.813. The van der Waals surface area contributed by atoms with Gasteiger partial charge in [-0.2, -0.15) is 0 Å². The van der Waals surface area contributed by atoms with Crippen LogP contribution < -0.4 is 5.32 Å². The van der Waals surface area contributed by atoms with E-state index in [1.54, 1.807) is 0 Å². The van der Waals surface area contributed by atoms with Gasteiger partial charge in [-0.3, -0.25) is 4.98 Å². The van der Waals surface area contributed by atoms with Crippen LogP contribution in [0, 0.1) is 12.8 Å². The summed E-state index contributed by atoms with van der Waals surface area (Å²) in [6.07, 6.45) is 5.88. The Morgan fingerprint density at radius 2 is 2.43 bits per heavy atom. The Balaban J connectivity index is 1.92. The van der Waals surface area contributed by atoms with E-state index in [0.29, 0.717) is 0 Å². The zero-order chi connectivity index (χ0) is 9.80. The van der Waals surface area contributed by atoms with Crippen molar-refractivity contribution in [2.45, 2.75) is 26.2 Å². The number of hydrogen-bond donors (Lipinski definition) is 1. The quantitative estimate of drug-likeness (QED) is 0.771. The van der Waals surface area contributed by atoms with Crippen molar-refractivity contribution in [3.63, 3.8) is 0 Å². The second-order valence-corrected chi connectivity index (χ2v) is 4.22. The highest BCUT2D eigenvalue weighted by Crippen LogP contribution is 2.15. The fourth-order valence-electron chi connectivity index (χ4n) is 2.05. The highest BCUT2D eigenvalue weighted by atomic mass is 14.9. The predicted molar refractivity (Wildman–Crippen MR) is 58.3 cm³/mol. The first-order valence-corrected chi connectivity index (χ1v) is 5.47. The van der Waals surface area contributed by atoms with Crippen LogP contribution in [0.2, 0.25) is 0 Å². The van der Waals surface area contributed by atoms with E-state index in [1.807, 2.05) is 13.1 Å². The molecule has 1 aliphatic heterocycles. The summed E-state index contributed by atoms with van der Waals surface area (Å²) in [4.78, 5) is 4.32. The van der Waals surface area contributed by atoms with Gasteiger partial charge in [0.1, 0.15) is 0 Å². The Labute approximate surface area is 85.7 Å². The lowest BCUT2D eigenvalue weighted by atomic mass is 9.93. The SMILES string of the molecule is Cc1ccc(CC2CCCNC2)cn1. The third-order valence-corrected chi connectivity index (χ3v) is 2.90.